The molecule has 0 saturated carbocycles. The van der Waals surface area contributed by atoms with Crippen LogP contribution < -0.4 is 9.64 Å². The van der Waals surface area contributed by atoms with Crippen molar-refractivity contribution in [1.29, 1.82) is 0 Å². The molecule has 3 aliphatic rings. The third-order valence-electron chi connectivity index (χ3n) is 8.01. The molecule has 1 amide bonds. The van der Waals surface area contributed by atoms with Crippen LogP contribution in [0.3, 0.4) is 0 Å². The first-order valence-corrected chi connectivity index (χ1v) is 13.5. The molecule has 5 rings (SSSR count). The summed E-state index contributed by atoms with van der Waals surface area (Å²) >= 11 is 5.99. The molecular weight excluding hydrogens is 518 g/mol. The van der Waals surface area contributed by atoms with Crippen LogP contribution in [-0.4, -0.2) is 93.5 Å². The van der Waals surface area contributed by atoms with E-state index in [-0.39, 0.29) is 41.5 Å². The number of alkyl halides is 1. The number of ether oxygens (including phenoxy) is 2. The highest BCUT2D eigenvalue weighted by molar-refractivity contribution is 6.30. The number of likely N-dealkylation sites (N-methyl/N-ethyl adjacent to an activating group) is 1. The summed E-state index contributed by atoms with van der Waals surface area (Å²) in [5.74, 6) is -0.335. The number of hydrogen-bond acceptors (Lipinski definition) is 8. The Morgan fingerprint density at radius 1 is 1.32 bits per heavy atom. The molecule has 0 aromatic carbocycles. The first kappa shape index (κ1) is 27.1. The Bertz CT molecular complexity index is 1230. The minimum absolute atomic E-state index is 0.00121. The molecule has 3 fully saturated rings. The standard InChI is InChI=1S/C26H35ClF2N6O3/c1-15-18(7-10-35(15)24(36)38-25(2,3)4)33(5)22-17-12-30-21(27)19(29)20(17)31-23(32-22)37-14-26-8-6-9-34(26)13-16(28)11-26/h12,15-16,18H,6-11,13-14H2,1-5H3/t15-,16-,18+,26+/m1/s1. The van der Waals surface area contributed by atoms with Crippen LogP contribution in [0, 0.1) is 5.82 Å². The van der Waals surface area contributed by atoms with Crippen molar-refractivity contribution in [2.45, 2.75) is 82.8 Å². The maximum atomic E-state index is 15.1. The first-order valence-electron chi connectivity index (χ1n) is 13.1. The van der Waals surface area contributed by atoms with Gasteiger partial charge in [0.1, 0.15) is 29.7 Å². The van der Waals surface area contributed by atoms with Gasteiger partial charge < -0.3 is 19.3 Å². The quantitative estimate of drug-likeness (QED) is 0.497. The highest BCUT2D eigenvalue weighted by Crippen LogP contribution is 2.41. The second kappa shape index (κ2) is 9.89. The number of aromatic nitrogens is 3. The van der Waals surface area contributed by atoms with Crippen molar-refractivity contribution in [2.75, 3.05) is 38.2 Å². The number of carbonyl (C=O) groups is 1. The summed E-state index contributed by atoms with van der Waals surface area (Å²) in [6.07, 6.45) is 3.06. The van der Waals surface area contributed by atoms with Crippen LogP contribution in [0.1, 0.15) is 53.4 Å². The average Bonchev–Trinajstić information content (AvgIpc) is 3.50. The summed E-state index contributed by atoms with van der Waals surface area (Å²) in [7, 11) is 1.85. The van der Waals surface area contributed by atoms with Gasteiger partial charge in [-0.1, -0.05) is 11.6 Å². The average molecular weight is 553 g/mol. The van der Waals surface area contributed by atoms with Gasteiger partial charge in [-0.05, 0) is 53.5 Å². The van der Waals surface area contributed by atoms with Crippen LogP contribution in [0.5, 0.6) is 6.01 Å². The Morgan fingerprint density at radius 2 is 2.08 bits per heavy atom. The summed E-state index contributed by atoms with van der Waals surface area (Å²) in [4.78, 5) is 31.5. The summed E-state index contributed by atoms with van der Waals surface area (Å²) in [6.45, 7) is 9.42. The van der Waals surface area contributed by atoms with E-state index >= 15 is 4.39 Å². The molecule has 38 heavy (non-hydrogen) atoms. The number of carbonyl (C=O) groups excluding carboxylic acids is 1. The molecule has 9 nitrogen and oxygen atoms in total. The highest BCUT2D eigenvalue weighted by Gasteiger charge is 2.49. The normalized spacial score (nSPS) is 27.7. The van der Waals surface area contributed by atoms with Crippen LogP contribution in [0.15, 0.2) is 6.20 Å². The van der Waals surface area contributed by atoms with E-state index in [1.54, 1.807) is 4.90 Å². The number of nitrogens with zero attached hydrogens (tertiary/aromatic N) is 6. The fraction of sp³-hybridized carbons (Fsp3) is 0.692. The van der Waals surface area contributed by atoms with Crippen LogP contribution in [-0.2, 0) is 4.74 Å². The Kier molecular flexibility index (Phi) is 7.04. The molecule has 4 atom stereocenters. The van der Waals surface area contributed by atoms with Crippen molar-refractivity contribution in [3.8, 4) is 6.01 Å². The topological polar surface area (TPSA) is 83.9 Å². The third-order valence-corrected chi connectivity index (χ3v) is 8.27. The lowest BCUT2D eigenvalue weighted by Crippen LogP contribution is -2.45. The maximum absolute atomic E-state index is 15.1. The van der Waals surface area contributed by atoms with E-state index in [9.17, 15) is 9.18 Å². The Morgan fingerprint density at radius 3 is 2.82 bits per heavy atom. The van der Waals surface area contributed by atoms with Gasteiger partial charge in [0.15, 0.2) is 11.0 Å². The summed E-state index contributed by atoms with van der Waals surface area (Å²) in [5.41, 5.74) is -0.998. The fourth-order valence-corrected chi connectivity index (χ4v) is 6.30. The van der Waals surface area contributed by atoms with Gasteiger partial charge in [0, 0.05) is 32.8 Å². The smallest absolute Gasteiger partial charge is 0.410 e. The molecule has 0 unspecified atom stereocenters. The second-order valence-corrected chi connectivity index (χ2v) is 12.1. The first-order chi connectivity index (χ1) is 17.9. The predicted molar refractivity (Wildman–Crippen MR) is 140 cm³/mol. The van der Waals surface area contributed by atoms with Crippen molar-refractivity contribution in [1.82, 2.24) is 24.8 Å². The van der Waals surface area contributed by atoms with E-state index in [4.69, 9.17) is 21.1 Å². The molecule has 5 heterocycles. The summed E-state index contributed by atoms with van der Waals surface area (Å²) in [5, 5.41) is 0.0905. The zero-order valence-electron chi connectivity index (χ0n) is 22.5. The highest BCUT2D eigenvalue weighted by atomic mass is 35.5. The Balaban J connectivity index is 1.44. The Hall–Kier alpha value is -2.53. The molecule has 0 N–H and O–H groups in total. The van der Waals surface area contributed by atoms with E-state index in [0.29, 0.717) is 37.1 Å². The molecule has 2 aromatic rings. The number of likely N-dealkylation sites (tertiary alicyclic amines) is 1. The lowest BCUT2D eigenvalue weighted by molar-refractivity contribution is 0.0233. The summed E-state index contributed by atoms with van der Waals surface area (Å²) in [6, 6.07) is -0.322. The third kappa shape index (κ3) is 4.95. The van der Waals surface area contributed by atoms with Crippen molar-refractivity contribution in [3.63, 3.8) is 0 Å². The largest absolute Gasteiger partial charge is 0.461 e. The number of pyridine rings is 1. The SMILES string of the molecule is C[C@@H]1[C@@H](N(C)c2nc(OC[C@@]34CCCN3C[C@H](F)C4)nc3c(F)c(Cl)ncc23)CCN1C(=O)OC(C)(C)C. The number of anilines is 1. The molecule has 0 spiro atoms. The van der Waals surface area contributed by atoms with Gasteiger partial charge in [-0.3, -0.25) is 4.90 Å². The van der Waals surface area contributed by atoms with Crippen LogP contribution >= 0.6 is 11.6 Å². The van der Waals surface area contributed by atoms with E-state index in [0.717, 1.165) is 19.4 Å². The van der Waals surface area contributed by atoms with Gasteiger partial charge in [0.25, 0.3) is 0 Å². The van der Waals surface area contributed by atoms with Gasteiger partial charge in [-0.2, -0.15) is 9.97 Å². The number of rotatable bonds is 5. The molecule has 0 bridgehead atoms. The Labute approximate surface area is 226 Å². The molecule has 2 aromatic heterocycles. The van der Waals surface area contributed by atoms with Crippen LogP contribution in [0.4, 0.5) is 19.4 Å². The van der Waals surface area contributed by atoms with Crippen molar-refractivity contribution < 1.29 is 23.0 Å². The number of amides is 1. The molecule has 3 saturated heterocycles. The van der Waals surface area contributed by atoms with E-state index in [1.165, 1.54) is 6.20 Å². The molecule has 0 radical (unpaired) electrons. The van der Waals surface area contributed by atoms with E-state index in [1.807, 2.05) is 39.6 Å². The van der Waals surface area contributed by atoms with Crippen molar-refractivity contribution >= 4 is 34.4 Å². The fourth-order valence-electron chi connectivity index (χ4n) is 6.16. The maximum Gasteiger partial charge on any atom is 0.410 e. The zero-order valence-corrected chi connectivity index (χ0v) is 23.3. The van der Waals surface area contributed by atoms with E-state index < -0.39 is 23.1 Å². The second-order valence-electron chi connectivity index (χ2n) is 11.7. The minimum atomic E-state index is -0.891. The van der Waals surface area contributed by atoms with Gasteiger partial charge in [-0.15, -0.1) is 0 Å². The van der Waals surface area contributed by atoms with Gasteiger partial charge in [-0.25, -0.2) is 18.6 Å². The lowest BCUT2D eigenvalue weighted by atomic mass is 9.95. The zero-order chi connectivity index (χ0) is 27.4. The van der Waals surface area contributed by atoms with Gasteiger partial charge in [0.05, 0.1) is 23.0 Å². The molecular formula is C26H35ClF2N6O3. The van der Waals surface area contributed by atoms with Crippen LogP contribution in [0.25, 0.3) is 10.9 Å². The van der Waals surface area contributed by atoms with Gasteiger partial charge >= 0.3 is 12.1 Å². The number of halogens is 3. The van der Waals surface area contributed by atoms with E-state index in [2.05, 4.69) is 19.9 Å². The molecule has 208 valence electrons. The van der Waals surface area contributed by atoms with Crippen molar-refractivity contribution in [2.24, 2.45) is 0 Å². The molecule has 0 aliphatic carbocycles. The minimum Gasteiger partial charge on any atom is -0.461 e. The summed E-state index contributed by atoms with van der Waals surface area (Å²) < 4.78 is 41.0. The lowest BCUT2D eigenvalue weighted by Gasteiger charge is -2.33. The van der Waals surface area contributed by atoms with Crippen molar-refractivity contribution in [3.05, 3.63) is 17.2 Å². The number of hydrogen-bond donors (Lipinski definition) is 0. The van der Waals surface area contributed by atoms with Crippen LogP contribution in [0.2, 0.25) is 5.15 Å². The molecule has 12 heteroatoms. The monoisotopic (exact) mass is 552 g/mol. The predicted octanol–water partition coefficient (Wildman–Crippen LogP) is 4.61. The van der Waals surface area contributed by atoms with Gasteiger partial charge in [0.2, 0.25) is 0 Å². The number of fused-ring (bicyclic) bond motifs is 2. The molecule has 3 aliphatic heterocycles.